The second-order valence-corrected chi connectivity index (χ2v) is 4.62. The number of ether oxygens (including phenoxy) is 1. The van der Waals surface area contributed by atoms with Gasteiger partial charge in [0.2, 0.25) is 0 Å². The minimum atomic E-state index is 0.439. The van der Waals surface area contributed by atoms with Crippen LogP contribution < -0.4 is 11.1 Å². The predicted octanol–water partition coefficient (Wildman–Crippen LogP) is 2.51. The minimum Gasteiger partial charge on any atom is -0.397 e. The van der Waals surface area contributed by atoms with Crippen LogP contribution in [0.5, 0.6) is 0 Å². The highest BCUT2D eigenvalue weighted by molar-refractivity contribution is 5.68. The van der Waals surface area contributed by atoms with Crippen molar-refractivity contribution in [2.75, 3.05) is 24.2 Å². The van der Waals surface area contributed by atoms with E-state index in [2.05, 4.69) is 11.4 Å². The quantitative estimate of drug-likeness (QED) is 0.617. The van der Waals surface area contributed by atoms with E-state index in [0.717, 1.165) is 12.2 Å². The maximum Gasteiger partial charge on any atom is 0.0992 e. The third-order valence-electron chi connectivity index (χ3n) is 3.26. The number of benzene rings is 1. The third-order valence-corrected chi connectivity index (χ3v) is 3.26. The Balaban J connectivity index is 1.77. The summed E-state index contributed by atoms with van der Waals surface area (Å²) < 4.78 is 5.75. The Morgan fingerprint density at radius 2 is 2.17 bits per heavy atom. The van der Waals surface area contributed by atoms with Gasteiger partial charge >= 0.3 is 0 Å². The number of rotatable bonds is 5. The number of hydrogen-bond donors (Lipinski definition) is 2. The lowest BCUT2D eigenvalue weighted by Crippen LogP contribution is -2.16. The van der Waals surface area contributed by atoms with Crippen molar-refractivity contribution in [3.63, 3.8) is 0 Å². The lowest BCUT2D eigenvalue weighted by molar-refractivity contribution is 0.0659. The Morgan fingerprint density at radius 3 is 2.89 bits per heavy atom. The maximum atomic E-state index is 8.82. The van der Waals surface area contributed by atoms with Gasteiger partial charge in [-0.1, -0.05) is 12.8 Å². The fourth-order valence-corrected chi connectivity index (χ4v) is 2.25. The van der Waals surface area contributed by atoms with E-state index in [1.54, 1.807) is 18.2 Å². The van der Waals surface area contributed by atoms with E-state index in [4.69, 9.17) is 15.7 Å². The van der Waals surface area contributed by atoms with Crippen LogP contribution in [0.25, 0.3) is 0 Å². The summed E-state index contributed by atoms with van der Waals surface area (Å²) in [6.45, 7) is 1.40. The molecule has 2 rings (SSSR count). The Bertz CT molecular complexity index is 433. The smallest absolute Gasteiger partial charge is 0.0992 e. The topological polar surface area (TPSA) is 71.1 Å². The summed E-state index contributed by atoms with van der Waals surface area (Å²) in [5, 5.41) is 12.0. The first-order valence-corrected chi connectivity index (χ1v) is 6.44. The van der Waals surface area contributed by atoms with Gasteiger partial charge in [0.05, 0.1) is 35.7 Å². The third kappa shape index (κ3) is 3.38. The molecule has 1 aromatic carbocycles. The van der Waals surface area contributed by atoms with E-state index in [1.165, 1.54) is 25.7 Å². The van der Waals surface area contributed by atoms with Gasteiger partial charge in [-0.15, -0.1) is 0 Å². The highest BCUT2D eigenvalue weighted by Gasteiger charge is 2.14. The molecule has 0 bridgehead atoms. The lowest BCUT2D eigenvalue weighted by Gasteiger charge is -2.13. The van der Waals surface area contributed by atoms with Crippen molar-refractivity contribution in [3.8, 4) is 6.07 Å². The summed E-state index contributed by atoms with van der Waals surface area (Å²) in [6.07, 6.45) is 5.39. The molecule has 1 aliphatic rings. The molecule has 0 aliphatic heterocycles. The highest BCUT2D eigenvalue weighted by Crippen LogP contribution is 2.21. The molecule has 0 saturated heterocycles. The van der Waals surface area contributed by atoms with Crippen molar-refractivity contribution in [3.05, 3.63) is 23.8 Å². The molecular formula is C14H19N3O. The van der Waals surface area contributed by atoms with E-state index in [0.29, 0.717) is 24.0 Å². The summed E-state index contributed by atoms with van der Waals surface area (Å²) in [5.41, 5.74) is 7.92. The number of nitrogens with one attached hydrogen (secondary N) is 1. The summed E-state index contributed by atoms with van der Waals surface area (Å²) in [5.74, 6) is 0. The first-order chi connectivity index (χ1) is 8.79. The molecule has 0 radical (unpaired) electrons. The molecule has 1 saturated carbocycles. The van der Waals surface area contributed by atoms with Crippen LogP contribution in [0.4, 0.5) is 11.4 Å². The molecule has 1 aliphatic carbocycles. The minimum absolute atomic E-state index is 0.439. The van der Waals surface area contributed by atoms with Gasteiger partial charge in [-0.25, -0.2) is 0 Å². The van der Waals surface area contributed by atoms with Crippen molar-refractivity contribution in [2.45, 2.75) is 31.8 Å². The molecule has 0 spiro atoms. The second-order valence-electron chi connectivity index (χ2n) is 4.62. The van der Waals surface area contributed by atoms with Crippen molar-refractivity contribution >= 4 is 11.4 Å². The molecule has 0 amide bonds. The average molecular weight is 245 g/mol. The molecule has 1 fully saturated rings. The number of nitriles is 1. The van der Waals surface area contributed by atoms with Crippen LogP contribution >= 0.6 is 0 Å². The molecule has 18 heavy (non-hydrogen) atoms. The summed E-state index contributed by atoms with van der Waals surface area (Å²) in [6, 6.07) is 7.34. The normalized spacial score (nSPS) is 15.5. The second kappa shape index (κ2) is 6.27. The highest BCUT2D eigenvalue weighted by atomic mass is 16.5. The first kappa shape index (κ1) is 12.7. The van der Waals surface area contributed by atoms with E-state index in [1.807, 2.05) is 0 Å². The van der Waals surface area contributed by atoms with E-state index < -0.39 is 0 Å². The fraction of sp³-hybridized carbons (Fsp3) is 0.500. The molecule has 0 aromatic heterocycles. The zero-order valence-electron chi connectivity index (χ0n) is 10.5. The predicted molar refractivity (Wildman–Crippen MR) is 72.3 cm³/mol. The number of anilines is 2. The van der Waals surface area contributed by atoms with Crippen LogP contribution in [-0.4, -0.2) is 19.3 Å². The SMILES string of the molecule is N#Cc1ccc(N)c(NCCOC2CCCC2)c1. The van der Waals surface area contributed by atoms with Gasteiger partial charge < -0.3 is 15.8 Å². The molecule has 0 atom stereocenters. The number of nitrogens with two attached hydrogens (primary N) is 1. The lowest BCUT2D eigenvalue weighted by atomic mass is 10.2. The van der Waals surface area contributed by atoms with E-state index >= 15 is 0 Å². The molecule has 96 valence electrons. The molecule has 3 N–H and O–H groups in total. The van der Waals surface area contributed by atoms with Crippen LogP contribution in [0.1, 0.15) is 31.2 Å². The van der Waals surface area contributed by atoms with Crippen LogP contribution in [0, 0.1) is 11.3 Å². The maximum absolute atomic E-state index is 8.82. The zero-order valence-corrected chi connectivity index (χ0v) is 10.5. The van der Waals surface area contributed by atoms with Crippen LogP contribution in [-0.2, 0) is 4.74 Å². The molecule has 4 heteroatoms. The van der Waals surface area contributed by atoms with Crippen molar-refractivity contribution in [1.29, 1.82) is 5.26 Å². The molecule has 1 aromatic rings. The van der Waals surface area contributed by atoms with Gasteiger partial charge in [-0.05, 0) is 31.0 Å². The number of nitrogens with zero attached hydrogens (tertiary/aromatic N) is 1. The fourth-order valence-electron chi connectivity index (χ4n) is 2.25. The van der Waals surface area contributed by atoms with Gasteiger partial charge in [-0.2, -0.15) is 5.26 Å². The van der Waals surface area contributed by atoms with Gasteiger partial charge in [-0.3, -0.25) is 0 Å². The van der Waals surface area contributed by atoms with E-state index in [9.17, 15) is 0 Å². The number of nitrogen functional groups attached to an aromatic ring is 1. The summed E-state index contributed by atoms with van der Waals surface area (Å²) >= 11 is 0. The van der Waals surface area contributed by atoms with Gasteiger partial charge in [0.25, 0.3) is 0 Å². The zero-order chi connectivity index (χ0) is 12.8. The van der Waals surface area contributed by atoms with Gasteiger partial charge in [0, 0.05) is 6.54 Å². The number of hydrogen-bond acceptors (Lipinski definition) is 4. The van der Waals surface area contributed by atoms with Gasteiger partial charge in [0.15, 0.2) is 0 Å². The largest absolute Gasteiger partial charge is 0.397 e. The Morgan fingerprint density at radius 1 is 1.39 bits per heavy atom. The monoisotopic (exact) mass is 245 g/mol. The van der Waals surface area contributed by atoms with Crippen LogP contribution in [0.3, 0.4) is 0 Å². The average Bonchev–Trinajstić information content (AvgIpc) is 2.89. The summed E-state index contributed by atoms with van der Waals surface area (Å²) in [4.78, 5) is 0. The summed E-state index contributed by atoms with van der Waals surface area (Å²) in [7, 11) is 0. The van der Waals surface area contributed by atoms with Crippen molar-refractivity contribution in [1.82, 2.24) is 0 Å². The van der Waals surface area contributed by atoms with E-state index in [-0.39, 0.29) is 0 Å². The molecule has 4 nitrogen and oxygen atoms in total. The molecule has 0 unspecified atom stereocenters. The van der Waals surface area contributed by atoms with Crippen LogP contribution in [0.2, 0.25) is 0 Å². The first-order valence-electron chi connectivity index (χ1n) is 6.44. The standard InChI is InChI=1S/C14H19N3O/c15-10-11-5-6-13(16)14(9-11)17-7-8-18-12-3-1-2-4-12/h5-6,9,12,17H,1-4,7-8,16H2. The Labute approximate surface area is 108 Å². The molecule has 0 heterocycles. The Kier molecular flexibility index (Phi) is 4.43. The van der Waals surface area contributed by atoms with Crippen molar-refractivity contribution in [2.24, 2.45) is 0 Å². The van der Waals surface area contributed by atoms with Gasteiger partial charge in [0.1, 0.15) is 0 Å². The Hall–Kier alpha value is -1.73. The van der Waals surface area contributed by atoms with Crippen molar-refractivity contribution < 1.29 is 4.74 Å². The van der Waals surface area contributed by atoms with Crippen LogP contribution in [0.15, 0.2) is 18.2 Å². The molecular weight excluding hydrogens is 226 g/mol.